The second kappa shape index (κ2) is 8.82. The quantitative estimate of drug-likeness (QED) is 0.317. The van der Waals surface area contributed by atoms with E-state index in [2.05, 4.69) is 19.7 Å². The Morgan fingerprint density at radius 1 is 0.828 bits per heavy atom. The fourth-order valence-electron chi connectivity index (χ4n) is 1.72. The van der Waals surface area contributed by atoms with Gasteiger partial charge in [0.05, 0.1) is 0 Å². The van der Waals surface area contributed by atoms with Crippen molar-refractivity contribution in [2.24, 2.45) is 0 Å². The molecule has 0 unspecified atom stereocenters. The van der Waals surface area contributed by atoms with Crippen LogP contribution in [0.2, 0.25) is 0 Å². The molecule has 1 rings (SSSR count). The van der Waals surface area contributed by atoms with Gasteiger partial charge in [-0.2, -0.15) is 4.57 Å². The van der Waals surface area contributed by atoms with Crippen molar-refractivity contribution in [3.05, 3.63) is 67.9 Å². The monoisotopic (exact) mass is 409 g/mol. The Labute approximate surface area is 163 Å². The number of nitrogens with one attached hydrogen (secondary N) is 2. The Hall–Kier alpha value is -3.96. The Kier molecular flexibility index (Phi) is 7.02. The molecule has 0 aromatic carbocycles. The average molecular weight is 409 g/mol. The minimum Gasteiger partial charge on any atom is -0.452 e. The Morgan fingerprint density at radius 2 is 1.21 bits per heavy atom. The van der Waals surface area contributed by atoms with Gasteiger partial charge < -0.3 is 14.2 Å². The fraction of sp³-hybridized carbons (Fsp3) is 0.294. The summed E-state index contributed by atoms with van der Waals surface area (Å²) >= 11 is 0. The van der Waals surface area contributed by atoms with Crippen LogP contribution in [0.5, 0.6) is 0 Å². The molecule has 0 bridgehead atoms. The third-order valence-electron chi connectivity index (χ3n) is 3.12. The normalized spacial score (nSPS) is 10.6. The average Bonchev–Trinajstić information content (AvgIpc) is 2.58. The van der Waals surface area contributed by atoms with Gasteiger partial charge in [0.25, 0.3) is 0 Å². The molecule has 0 radical (unpaired) electrons. The molecule has 0 aliphatic rings. The van der Waals surface area contributed by atoms with Crippen LogP contribution in [0.15, 0.2) is 50.8 Å². The summed E-state index contributed by atoms with van der Waals surface area (Å²) in [6.07, 6.45) is 0. The van der Waals surface area contributed by atoms with Gasteiger partial charge in [-0.25, -0.2) is 28.8 Å². The van der Waals surface area contributed by atoms with E-state index in [9.17, 15) is 28.8 Å². The molecule has 1 aromatic heterocycles. The third kappa shape index (κ3) is 5.51. The number of hydrogen-bond donors (Lipinski definition) is 2. The standard InChI is InChI=1S/C17H19N3O9/c1-8(2)11(21)27-7-17(28-12(22)9(3)4,29-13(23)10(5)6)20-15(25)18-14(24)19-16(20)26/h1,3,5,7H2,2,4,6H3,(H2,18,19,24,25,26). The van der Waals surface area contributed by atoms with E-state index in [1.807, 2.05) is 0 Å². The van der Waals surface area contributed by atoms with Crippen LogP contribution in [0.1, 0.15) is 20.8 Å². The summed E-state index contributed by atoms with van der Waals surface area (Å²) in [5, 5.41) is 0. The zero-order valence-corrected chi connectivity index (χ0v) is 15.9. The summed E-state index contributed by atoms with van der Waals surface area (Å²) in [4.78, 5) is 75.5. The molecule has 0 fully saturated rings. The number of ether oxygens (including phenoxy) is 3. The number of hydrogen-bond acceptors (Lipinski definition) is 9. The van der Waals surface area contributed by atoms with Crippen LogP contribution < -0.4 is 17.1 Å². The maximum Gasteiger partial charge on any atom is 0.390 e. The number of rotatable bonds is 8. The number of carbonyl (C=O) groups is 3. The predicted molar refractivity (Wildman–Crippen MR) is 97.5 cm³/mol. The SMILES string of the molecule is C=C(C)C(=O)OCC(OC(=O)C(=C)C)(OC(=O)C(=C)C)n1c(=O)[nH]c(=O)[nH]c1=O. The van der Waals surface area contributed by atoms with Gasteiger partial charge >= 0.3 is 40.9 Å². The van der Waals surface area contributed by atoms with Crippen molar-refractivity contribution >= 4 is 17.9 Å². The highest BCUT2D eigenvalue weighted by Crippen LogP contribution is 2.22. The molecule has 0 atom stereocenters. The lowest BCUT2D eigenvalue weighted by molar-refractivity contribution is -0.282. The van der Waals surface area contributed by atoms with Crippen molar-refractivity contribution in [3.63, 3.8) is 0 Å². The second-order valence-electron chi connectivity index (χ2n) is 5.93. The van der Waals surface area contributed by atoms with Crippen LogP contribution in [0.3, 0.4) is 0 Å². The van der Waals surface area contributed by atoms with Crippen LogP contribution in [0.4, 0.5) is 0 Å². The molecular weight excluding hydrogens is 390 g/mol. The van der Waals surface area contributed by atoms with Crippen molar-refractivity contribution in [1.82, 2.24) is 14.5 Å². The number of H-pyrrole nitrogens is 2. The molecule has 12 heteroatoms. The minimum atomic E-state index is -2.92. The van der Waals surface area contributed by atoms with Gasteiger partial charge in [-0.3, -0.25) is 9.97 Å². The number of carbonyl (C=O) groups excluding carboxylic acids is 3. The van der Waals surface area contributed by atoms with E-state index in [0.29, 0.717) is 0 Å². The number of nitrogens with zero attached hydrogens (tertiary/aromatic N) is 1. The third-order valence-corrected chi connectivity index (χ3v) is 3.12. The fourth-order valence-corrected chi connectivity index (χ4v) is 1.72. The maximum atomic E-state index is 12.3. The summed E-state index contributed by atoms with van der Waals surface area (Å²) in [5.41, 5.74) is -4.52. The zero-order valence-electron chi connectivity index (χ0n) is 15.9. The summed E-state index contributed by atoms with van der Waals surface area (Å²) in [6, 6.07) is 0. The van der Waals surface area contributed by atoms with E-state index in [0.717, 1.165) is 0 Å². The van der Waals surface area contributed by atoms with E-state index in [1.165, 1.54) is 20.8 Å². The number of aromatic nitrogens is 3. The van der Waals surface area contributed by atoms with Crippen molar-refractivity contribution < 1.29 is 28.6 Å². The summed E-state index contributed by atoms with van der Waals surface area (Å²) in [7, 11) is 0. The van der Waals surface area contributed by atoms with Gasteiger partial charge in [0.1, 0.15) is 0 Å². The molecular formula is C17H19N3O9. The van der Waals surface area contributed by atoms with Crippen LogP contribution >= 0.6 is 0 Å². The molecule has 0 amide bonds. The van der Waals surface area contributed by atoms with Crippen LogP contribution in [0.25, 0.3) is 0 Å². The minimum absolute atomic E-state index is 0.0573. The van der Waals surface area contributed by atoms with E-state index in [-0.39, 0.29) is 21.3 Å². The first-order valence-electron chi connectivity index (χ1n) is 7.87. The highest BCUT2D eigenvalue weighted by atomic mass is 16.8. The molecule has 0 aliphatic carbocycles. The summed E-state index contributed by atoms with van der Waals surface area (Å²) < 4.78 is 15.0. The number of aromatic amines is 2. The zero-order chi connectivity index (χ0) is 22.5. The van der Waals surface area contributed by atoms with Gasteiger partial charge in [-0.15, -0.1) is 0 Å². The van der Waals surface area contributed by atoms with Crippen molar-refractivity contribution in [2.45, 2.75) is 26.7 Å². The summed E-state index contributed by atoms with van der Waals surface area (Å²) in [6.45, 7) is 12.7. The molecule has 12 nitrogen and oxygen atoms in total. The molecule has 0 saturated carbocycles. The number of esters is 3. The van der Waals surface area contributed by atoms with Crippen LogP contribution in [-0.2, 0) is 34.5 Å². The first-order chi connectivity index (χ1) is 13.3. The van der Waals surface area contributed by atoms with Gasteiger partial charge in [-0.1, -0.05) is 19.7 Å². The first kappa shape index (κ1) is 23.1. The highest BCUT2D eigenvalue weighted by molar-refractivity contribution is 5.89. The molecule has 0 aliphatic heterocycles. The lowest BCUT2D eigenvalue weighted by Crippen LogP contribution is -2.59. The smallest absolute Gasteiger partial charge is 0.390 e. The first-order valence-corrected chi connectivity index (χ1v) is 7.87. The largest absolute Gasteiger partial charge is 0.452 e. The van der Waals surface area contributed by atoms with Gasteiger partial charge in [0.15, 0.2) is 6.61 Å². The molecule has 0 spiro atoms. The lowest BCUT2D eigenvalue weighted by atomic mass is 10.3. The Morgan fingerprint density at radius 3 is 1.55 bits per heavy atom. The van der Waals surface area contributed by atoms with Gasteiger partial charge in [0.2, 0.25) is 0 Å². The predicted octanol–water partition coefficient (Wildman–Crippen LogP) is -0.807. The highest BCUT2D eigenvalue weighted by Gasteiger charge is 2.46. The van der Waals surface area contributed by atoms with Crippen LogP contribution in [-0.4, -0.2) is 39.0 Å². The maximum absolute atomic E-state index is 12.3. The van der Waals surface area contributed by atoms with E-state index in [4.69, 9.17) is 14.2 Å². The van der Waals surface area contributed by atoms with Crippen molar-refractivity contribution in [3.8, 4) is 0 Å². The van der Waals surface area contributed by atoms with Gasteiger partial charge in [0, 0.05) is 16.7 Å². The molecule has 1 heterocycles. The van der Waals surface area contributed by atoms with Gasteiger partial charge in [-0.05, 0) is 20.8 Å². The molecule has 0 saturated heterocycles. The second-order valence-corrected chi connectivity index (χ2v) is 5.93. The molecule has 2 N–H and O–H groups in total. The van der Waals surface area contributed by atoms with E-state index < -0.39 is 47.5 Å². The van der Waals surface area contributed by atoms with Crippen molar-refractivity contribution in [2.75, 3.05) is 6.61 Å². The van der Waals surface area contributed by atoms with E-state index in [1.54, 1.807) is 9.97 Å². The topological polar surface area (TPSA) is 167 Å². The Bertz CT molecular complexity index is 1010. The van der Waals surface area contributed by atoms with E-state index >= 15 is 0 Å². The molecule has 29 heavy (non-hydrogen) atoms. The summed E-state index contributed by atoms with van der Waals surface area (Å²) in [5.74, 6) is -6.35. The molecule has 1 aromatic rings. The molecule has 156 valence electrons. The van der Waals surface area contributed by atoms with Crippen molar-refractivity contribution in [1.29, 1.82) is 0 Å². The lowest BCUT2D eigenvalue weighted by Gasteiger charge is -2.32. The Balaban J connectivity index is 3.78. The van der Waals surface area contributed by atoms with Crippen LogP contribution in [0, 0.1) is 0 Å².